The van der Waals surface area contributed by atoms with Crippen molar-refractivity contribution < 1.29 is 9.59 Å². The molecular formula is C12H24N4O2. The topological polar surface area (TPSA) is 87.5 Å². The van der Waals surface area contributed by atoms with Crippen molar-refractivity contribution in [2.75, 3.05) is 26.2 Å². The number of hydrogen-bond donors (Lipinski definition) is 3. The lowest BCUT2D eigenvalue weighted by Crippen LogP contribution is -2.56. The maximum atomic E-state index is 12.1. The first-order chi connectivity index (χ1) is 8.32. The summed E-state index contributed by atoms with van der Waals surface area (Å²) in [4.78, 5) is 25.2. The van der Waals surface area contributed by atoms with E-state index >= 15 is 0 Å². The lowest BCUT2D eigenvalue weighted by atomic mass is 9.99. The molecule has 0 radical (unpaired) electrons. The van der Waals surface area contributed by atoms with E-state index in [0.717, 1.165) is 26.2 Å². The highest BCUT2D eigenvalue weighted by molar-refractivity contribution is 5.83. The molecule has 0 spiro atoms. The van der Waals surface area contributed by atoms with Crippen LogP contribution in [0.5, 0.6) is 0 Å². The lowest BCUT2D eigenvalue weighted by molar-refractivity contribution is -0.128. The molecule has 0 aromatic rings. The van der Waals surface area contributed by atoms with Gasteiger partial charge in [-0.2, -0.15) is 0 Å². The van der Waals surface area contributed by atoms with Gasteiger partial charge in [-0.3, -0.25) is 14.5 Å². The molecule has 0 saturated carbocycles. The molecule has 1 aliphatic heterocycles. The first kappa shape index (κ1) is 14.9. The Balaban J connectivity index is 2.50. The maximum Gasteiger partial charge on any atom is 0.237 e. The van der Waals surface area contributed by atoms with Gasteiger partial charge in [-0.1, -0.05) is 0 Å². The van der Waals surface area contributed by atoms with Crippen molar-refractivity contribution in [3.63, 3.8) is 0 Å². The van der Waals surface area contributed by atoms with Gasteiger partial charge in [0.2, 0.25) is 11.8 Å². The van der Waals surface area contributed by atoms with Crippen LogP contribution < -0.4 is 16.4 Å². The van der Waals surface area contributed by atoms with Crippen molar-refractivity contribution in [1.82, 2.24) is 15.5 Å². The largest absolute Gasteiger partial charge is 0.370 e. The third kappa shape index (κ3) is 4.62. The summed E-state index contributed by atoms with van der Waals surface area (Å²) in [6.07, 6.45) is 0.146. The molecule has 1 unspecified atom stereocenters. The Bertz CT molecular complexity index is 311. The van der Waals surface area contributed by atoms with E-state index in [4.69, 9.17) is 5.73 Å². The fourth-order valence-electron chi connectivity index (χ4n) is 2.15. The zero-order valence-corrected chi connectivity index (χ0v) is 11.5. The number of nitrogens with zero attached hydrogens (tertiary/aromatic N) is 1. The Hall–Kier alpha value is -1.14. The lowest BCUT2D eigenvalue weighted by Gasteiger charge is -2.34. The summed E-state index contributed by atoms with van der Waals surface area (Å²) in [5.41, 5.74) is 4.57. The minimum absolute atomic E-state index is 0.0526. The van der Waals surface area contributed by atoms with Crippen molar-refractivity contribution in [1.29, 1.82) is 0 Å². The molecule has 0 aromatic carbocycles. The second-order valence-corrected chi connectivity index (χ2v) is 5.48. The van der Waals surface area contributed by atoms with Gasteiger partial charge in [-0.05, 0) is 20.8 Å². The Morgan fingerprint density at radius 1 is 1.39 bits per heavy atom. The van der Waals surface area contributed by atoms with E-state index in [1.54, 1.807) is 13.8 Å². The molecule has 1 aliphatic rings. The highest BCUT2D eigenvalue weighted by atomic mass is 16.2. The van der Waals surface area contributed by atoms with Crippen LogP contribution in [0.1, 0.15) is 27.2 Å². The SMILES string of the molecule is CC(C(=O)NC(C)(C)CC(N)=O)N1CCNCC1. The number of carbonyl (C=O) groups excluding carboxylic acids is 2. The first-order valence-corrected chi connectivity index (χ1v) is 6.37. The van der Waals surface area contributed by atoms with Crippen molar-refractivity contribution in [2.24, 2.45) is 5.73 Å². The van der Waals surface area contributed by atoms with E-state index in [1.807, 2.05) is 6.92 Å². The number of hydrogen-bond acceptors (Lipinski definition) is 4. The van der Waals surface area contributed by atoms with E-state index in [9.17, 15) is 9.59 Å². The summed E-state index contributed by atoms with van der Waals surface area (Å²) < 4.78 is 0. The van der Waals surface area contributed by atoms with Crippen LogP contribution in [0.25, 0.3) is 0 Å². The Morgan fingerprint density at radius 2 is 1.94 bits per heavy atom. The van der Waals surface area contributed by atoms with E-state index < -0.39 is 11.4 Å². The maximum absolute atomic E-state index is 12.1. The smallest absolute Gasteiger partial charge is 0.237 e. The zero-order chi connectivity index (χ0) is 13.8. The number of carbonyl (C=O) groups is 2. The van der Waals surface area contributed by atoms with Gasteiger partial charge in [0.05, 0.1) is 6.04 Å². The molecule has 104 valence electrons. The van der Waals surface area contributed by atoms with Crippen LogP contribution in [0, 0.1) is 0 Å². The van der Waals surface area contributed by atoms with Gasteiger partial charge in [0.25, 0.3) is 0 Å². The first-order valence-electron chi connectivity index (χ1n) is 6.37. The summed E-state index contributed by atoms with van der Waals surface area (Å²) in [7, 11) is 0. The Morgan fingerprint density at radius 3 is 2.44 bits per heavy atom. The van der Waals surface area contributed by atoms with Crippen LogP contribution in [0.3, 0.4) is 0 Å². The normalized spacial score (nSPS) is 19.3. The van der Waals surface area contributed by atoms with Gasteiger partial charge in [-0.25, -0.2) is 0 Å². The van der Waals surface area contributed by atoms with Gasteiger partial charge in [0, 0.05) is 38.1 Å². The molecule has 6 nitrogen and oxygen atoms in total. The van der Waals surface area contributed by atoms with Crippen molar-refractivity contribution >= 4 is 11.8 Å². The van der Waals surface area contributed by atoms with E-state index in [1.165, 1.54) is 0 Å². The van der Waals surface area contributed by atoms with Crippen LogP contribution in [-0.4, -0.2) is 54.5 Å². The molecule has 18 heavy (non-hydrogen) atoms. The van der Waals surface area contributed by atoms with Gasteiger partial charge < -0.3 is 16.4 Å². The predicted molar refractivity (Wildman–Crippen MR) is 69.9 cm³/mol. The molecule has 1 heterocycles. The van der Waals surface area contributed by atoms with Gasteiger partial charge in [0.1, 0.15) is 0 Å². The second-order valence-electron chi connectivity index (χ2n) is 5.48. The predicted octanol–water partition coefficient (Wildman–Crippen LogP) is -0.950. The van der Waals surface area contributed by atoms with Gasteiger partial charge in [0.15, 0.2) is 0 Å². The van der Waals surface area contributed by atoms with Crippen molar-refractivity contribution in [2.45, 2.75) is 38.8 Å². The number of primary amides is 1. The monoisotopic (exact) mass is 256 g/mol. The summed E-state index contributed by atoms with van der Waals surface area (Å²) >= 11 is 0. The second kappa shape index (κ2) is 6.15. The molecular weight excluding hydrogens is 232 g/mol. The molecule has 1 saturated heterocycles. The fourth-order valence-corrected chi connectivity index (χ4v) is 2.15. The molecule has 1 rings (SSSR count). The minimum atomic E-state index is -0.592. The number of nitrogens with one attached hydrogen (secondary N) is 2. The zero-order valence-electron chi connectivity index (χ0n) is 11.5. The quantitative estimate of drug-likeness (QED) is 0.592. The summed E-state index contributed by atoms with van der Waals surface area (Å²) in [6, 6.07) is -0.181. The average molecular weight is 256 g/mol. The van der Waals surface area contributed by atoms with Crippen LogP contribution in [0.4, 0.5) is 0 Å². The Labute approximate surface area is 108 Å². The fraction of sp³-hybridized carbons (Fsp3) is 0.833. The minimum Gasteiger partial charge on any atom is -0.370 e. The third-order valence-electron chi connectivity index (χ3n) is 3.16. The molecule has 4 N–H and O–H groups in total. The van der Waals surface area contributed by atoms with Crippen LogP contribution in [-0.2, 0) is 9.59 Å². The van der Waals surface area contributed by atoms with Crippen LogP contribution in [0.2, 0.25) is 0 Å². The highest BCUT2D eigenvalue weighted by Crippen LogP contribution is 2.09. The summed E-state index contributed by atoms with van der Waals surface area (Å²) in [5.74, 6) is -0.460. The number of amides is 2. The van der Waals surface area contributed by atoms with E-state index in [2.05, 4.69) is 15.5 Å². The van der Waals surface area contributed by atoms with Crippen molar-refractivity contribution in [3.05, 3.63) is 0 Å². The number of nitrogens with two attached hydrogens (primary N) is 1. The van der Waals surface area contributed by atoms with Gasteiger partial charge in [-0.15, -0.1) is 0 Å². The third-order valence-corrected chi connectivity index (χ3v) is 3.16. The average Bonchev–Trinajstić information content (AvgIpc) is 2.26. The van der Waals surface area contributed by atoms with Crippen LogP contribution >= 0.6 is 0 Å². The standard InChI is InChI=1S/C12H24N4O2/c1-9(16-6-4-14-5-7-16)11(18)15-12(2,3)8-10(13)17/h9,14H,4-8H2,1-3H3,(H2,13,17)(H,15,18). The van der Waals surface area contributed by atoms with Crippen molar-refractivity contribution in [3.8, 4) is 0 Å². The molecule has 1 atom stereocenters. The van der Waals surface area contributed by atoms with Crippen LogP contribution in [0.15, 0.2) is 0 Å². The van der Waals surface area contributed by atoms with Gasteiger partial charge >= 0.3 is 0 Å². The highest BCUT2D eigenvalue weighted by Gasteiger charge is 2.28. The molecule has 2 amide bonds. The van der Waals surface area contributed by atoms with E-state index in [-0.39, 0.29) is 18.4 Å². The van der Waals surface area contributed by atoms with E-state index in [0.29, 0.717) is 0 Å². The molecule has 1 fully saturated rings. The summed E-state index contributed by atoms with van der Waals surface area (Å²) in [5, 5.41) is 6.13. The molecule has 0 aromatic heterocycles. The summed E-state index contributed by atoms with van der Waals surface area (Å²) in [6.45, 7) is 9.04. The Kier molecular flexibility index (Phi) is 5.10. The molecule has 0 aliphatic carbocycles. The number of piperazine rings is 1. The molecule has 6 heteroatoms. The number of rotatable bonds is 5. The molecule has 0 bridgehead atoms.